The molecule has 0 aliphatic carbocycles. The van der Waals surface area contributed by atoms with Crippen molar-refractivity contribution in [1.82, 2.24) is 19.7 Å². The number of anilines is 1. The van der Waals surface area contributed by atoms with Gasteiger partial charge in [-0.3, -0.25) is 14.5 Å². The van der Waals surface area contributed by atoms with Crippen LogP contribution in [0.1, 0.15) is 23.5 Å². The Hall–Kier alpha value is -2.10. The predicted octanol–water partition coefficient (Wildman–Crippen LogP) is 3.81. The first-order valence-electron chi connectivity index (χ1n) is 7.66. The van der Waals surface area contributed by atoms with E-state index in [0.29, 0.717) is 29.3 Å². The third kappa shape index (κ3) is 4.71. The topological polar surface area (TPSA) is 75.6 Å². The molecule has 0 radical (unpaired) electrons. The number of nitrogens with one attached hydrogen (secondary N) is 2. The van der Waals surface area contributed by atoms with E-state index in [1.807, 2.05) is 21.4 Å². The van der Waals surface area contributed by atoms with Crippen molar-refractivity contribution in [2.75, 3.05) is 5.32 Å². The Morgan fingerprint density at radius 1 is 1.48 bits per heavy atom. The molecule has 0 unspecified atom stereocenters. The van der Waals surface area contributed by atoms with E-state index in [1.54, 1.807) is 17.4 Å². The molecule has 1 amide bonds. The summed E-state index contributed by atoms with van der Waals surface area (Å²) in [7, 11) is 0. The van der Waals surface area contributed by atoms with E-state index in [1.165, 1.54) is 16.9 Å². The lowest BCUT2D eigenvalue weighted by molar-refractivity contribution is -0.116. The van der Waals surface area contributed by atoms with E-state index in [2.05, 4.69) is 32.5 Å². The van der Waals surface area contributed by atoms with Gasteiger partial charge in [0.25, 0.3) is 0 Å². The number of aromatic nitrogens is 4. The Morgan fingerprint density at radius 3 is 3.12 bits per heavy atom. The minimum Gasteiger partial charge on any atom is -0.302 e. The molecule has 9 heteroatoms. The molecule has 0 spiro atoms. The van der Waals surface area contributed by atoms with Gasteiger partial charge >= 0.3 is 0 Å². The number of hydrogen-bond acceptors (Lipinski definition) is 6. The van der Waals surface area contributed by atoms with Crippen LogP contribution in [0.4, 0.5) is 5.13 Å². The minimum atomic E-state index is -0.0264. The van der Waals surface area contributed by atoms with Gasteiger partial charge in [-0.05, 0) is 41.0 Å². The molecule has 0 aliphatic rings. The van der Waals surface area contributed by atoms with Crippen molar-refractivity contribution in [2.24, 2.45) is 0 Å². The van der Waals surface area contributed by atoms with Crippen LogP contribution in [0.5, 0.6) is 0 Å². The smallest absolute Gasteiger partial charge is 0.226 e. The summed E-state index contributed by atoms with van der Waals surface area (Å²) in [5, 5.41) is 16.5. The van der Waals surface area contributed by atoms with Gasteiger partial charge in [0.15, 0.2) is 9.90 Å². The second-order valence-corrected chi connectivity index (χ2v) is 7.37. The number of amides is 1. The molecule has 0 bridgehead atoms. The van der Waals surface area contributed by atoms with Gasteiger partial charge in [-0.1, -0.05) is 6.08 Å². The van der Waals surface area contributed by atoms with E-state index in [9.17, 15) is 4.79 Å². The van der Waals surface area contributed by atoms with Crippen molar-refractivity contribution in [3.05, 3.63) is 56.7 Å². The highest BCUT2D eigenvalue weighted by Crippen LogP contribution is 2.18. The van der Waals surface area contributed by atoms with Crippen LogP contribution < -0.4 is 5.32 Å². The third-order valence-corrected chi connectivity index (χ3v) is 5.36. The average Bonchev–Trinajstić information content (AvgIpc) is 3.32. The number of carbonyl (C=O) groups is 1. The van der Waals surface area contributed by atoms with E-state index in [0.717, 1.165) is 17.9 Å². The van der Waals surface area contributed by atoms with Crippen LogP contribution in [0.2, 0.25) is 0 Å². The van der Waals surface area contributed by atoms with Crippen LogP contribution in [-0.4, -0.2) is 25.7 Å². The maximum atomic E-state index is 12.0. The van der Waals surface area contributed by atoms with Gasteiger partial charge in [-0.25, -0.2) is 4.98 Å². The van der Waals surface area contributed by atoms with E-state index >= 15 is 0 Å². The summed E-state index contributed by atoms with van der Waals surface area (Å²) < 4.78 is 2.44. The van der Waals surface area contributed by atoms with Gasteiger partial charge in [-0.15, -0.1) is 17.9 Å². The lowest BCUT2D eigenvalue weighted by atomic mass is 10.2. The fourth-order valence-electron chi connectivity index (χ4n) is 2.28. The van der Waals surface area contributed by atoms with Gasteiger partial charge in [0.05, 0.1) is 12.1 Å². The standard InChI is InChI=1S/C16H17N5OS3/c1-2-6-21-13(19-20-16(21)23)8-12-10-25-15(17-12)18-14(22)4-3-11-5-7-24-9-11/h2,5,7,9-10H,1,3-4,6,8H2,(H,20,23)(H,17,18,22). The monoisotopic (exact) mass is 391 g/mol. The van der Waals surface area contributed by atoms with Crippen molar-refractivity contribution in [3.8, 4) is 0 Å². The first-order valence-corrected chi connectivity index (χ1v) is 9.89. The number of hydrogen-bond donors (Lipinski definition) is 2. The second kappa shape index (κ2) is 8.32. The number of carbonyl (C=O) groups excluding carboxylic acids is 1. The lowest BCUT2D eigenvalue weighted by Crippen LogP contribution is -2.12. The Bertz CT molecular complexity index is 907. The Kier molecular flexibility index (Phi) is 5.90. The largest absolute Gasteiger partial charge is 0.302 e. The predicted molar refractivity (Wildman–Crippen MR) is 104 cm³/mol. The first kappa shape index (κ1) is 17.7. The van der Waals surface area contributed by atoms with Crippen LogP contribution >= 0.6 is 34.9 Å². The molecule has 2 N–H and O–H groups in total. The van der Waals surface area contributed by atoms with Crippen LogP contribution in [0.25, 0.3) is 0 Å². The maximum Gasteiger partial charge on any atom is 0.226 e. The van der Waals surface area contributed by atoms with Gasteiger partial charge < -0.3 is 5.32 Å². The first-order chi connectivity index (χ1) is 12.2. The zero-order valence-electron chi connectivity index (χ0n) is 13.4. The number of aryl methyl sites for hydroxylation is 1. The molecule has 3 heterocycles. The highest BCUT2D eigenvalue weighted by atomic mass is 32.1. The molecule has 130 valence electrons. The van der Waals surface area contributed by atoms with Crippen molar-refractivity contribution >= 4 is 45.9 Å². The highest BCUT2D eigenvalue weighted by molar-refractivity contribution is 7.71. The molecule has 0 aromatic carbocycles. The summed E-state index contributed by atoms with van der Waals surface area (Å²) in [6.45, 7) is 4.33. The van der Waals surface area contributed by atoms with Crippen molar-refractivity contribution in [3.63, 3.8) is 0 Å². The molecule has 3 aromatic rings. The van der Waals surface area contributed by atoms with Crippen molar-refractivity contribution in [2.45, 2.75) is 25.8 Å². The maximum absolute atomic E-state index is 12.0. The number of nitrogens with zero attached hydrogens (tertiary/aromatic N) is 3. The number of thiophene rings is 1. The van der Waals surface area contributed by atoms with E-state index < -0.39 is 0 Å². The number of rotatable bonds is 8. The summed E-state index contributed by atoms with van der Waals surface area (Å²) in [6.07, 6.45) is 3.50. The van der Waals surface area contributed by atoms with Crippen LogP contribution in [-0.2, 0) is 24.2 Å². The molecular formula is C16H17N5OS3. The molecule has 6 nitrogen and oxygen atoms in total. The fourth-order valence-corrected chi connectivity index (χ4v) is 3.94. The van der Waals surface area contributed by atoms with Gasteiger partial charge in [0.2, 0.25) is 5.91 Å². The SMILES string of the molecule is C=CCn1c(Cc2csc(NC(=O)CCc3ccsc3)n2)n[nH]c1=S. The molecule has 3 aromatic heterocycles. The number of thiazole rings is 1. The van der Waals surface area contributed by atoms with Crippen molar-refractivity contribution in [1.29, 1.82) is 0 Å². The Morgan fingerprint density at radius 2 is 2.36 bits per heavy atom. The van der Waals surface area contributed by atoms with E-state index in [4.69, 9.17) is 12.2 Å². The summed E-state index contributed by atoms with van der Waals surface area (Å²) >= 11 is 8.25. The van der Waals surface area contributed by atoms with Gasteiger partial charge in [-0.2, -0.15) is 16.4 Å². The second-order valence-electron chi connectivity index (χ2n) is 5.34. The van der Waals surface area contributed by atoms with Crippen molar-refractivity contribution < 1.29 is 4.79 Å². The summed E-state index contributed by atoms with van der Waals surface area (Å²) in [4.78, 5) is 16.5. The number of aromatic amines is 1. The minimum absolute atomic E-state index is 0.0264. The molecule has 0 fully saturated rings. The molecule has 0 saturated heterocycles. The number of allylic oxidation sites excluding steroid dienone is 1. The van der Waals surface area contributed by atoms with Crippen LogP contribution in [0, 0.1) is 4.77 Å². The highest BCUT2D eigenvalue weighted by Gasteiger charge is 2.11. The lowest BCUT2D eigenvalue weighted by Gasteiger charge is -2.02. The molecule has 25 heavy (non-hydrogen) atoms. The molecule has 0 saturated carbocycles. The molecule has 0 aliphatic heterocycles. The zero-order chi connectivity index (χ0) is 17.6. The van der Waals surface area contributed by atoms with Crippen LogP contribution in [0.3, 0.4) is 0 Å². The fraction of sp³-hybridized carbons (Fsp3) is 0.250. The molecule has 3 rings (SSSR count). The number of H-pyrrole nitrogens is 1. The van der Waals surface area contributed by atoms with E-state index in [-0.39, 0.29) is 5.91 Å². The molecular weight excluding hydrogens is 374 g/mol. The average molecular weight is 392 g/mol. The van der Waals surface area contributed by atoms with Gasteiger partial charge in [0.1, 0.15) is 5.82 Å². The third-order valence-electron chi connectivity index (χ3n) is 3.51. The van der Waals surface area contributed by atoms with Gasteiger partial charge in [0, 0.05) is 18.3 Å². The Labute approximate surface area is 158 Å². The summed E-state index contributed by atoms with van der Waals surface area (Å²) in [5.41, 5.74) is 2.03. The zero-order valence-corrected chi connectivity index (χ0v) is 15.8. The summed E-state index contributed by atoms with van der Waals surface area (Å²) in [6, 6.07) is 2.04. The summed E-state index contributed by atoms with van der Waals surface area (Å²) in [5.74, 6) is 0.770. The quantitative estimate of drug-likeness (QED) is 0.452. The Balaban J connectivity index is 1.58. The van der Waals surface area contributed by atoms with Crippen LogP contribution in [0.15, 0.2) is 34.9 Å². The normalized spacial score (nSPS) is 10.7. The molecule has 0 atom stereocenters.